The molecule has 10 heteroatoms. The summed E-state index contributed by atoms with van der Waals surface area (Å²) in [6, 6.07) is -0.186. The molecule has 1 rings (SSSR count). The van der Waals surface area contributed by atoms with Gasteiger partial charge in [-0.3, -0.25) is 10.1 Å². The van der Waals surface area contributed by atoms with Crippen LogP contribution in [0.5, 0.6) is 0 Å². The van der Waals surface area contributed by atoms with Crippen LogP contribution in [0.2, 0.25) is 5.28 Å². The normalized spacial score (nSPS) is 12.4. The Hall–Kier alpha value is -2.16. The van der Waals surface area contributed by atoms with Gasteiger partial charge in [0.2, 0.25) is 11.1 Å². The lowest BCUT2D eigenvalue weighted by Gasteiger charge is -2.22. The topological polar surface area (TPSA) is 119 Å². The maximum Gasteiger partial charge on any atom is 0.407 e. The molecule has 2 N–H and O–H groups in total. The Morgan fingerprint density at radius 2 is 2.17 bits per heavy atom. The van der Waals surface area contributed by atoms with Crippen LogP contribution in [-0.4, -0.2) is 39.2 Å². The number of nitrogens with one attached hydrogen (secondary N) is 2. The van der Waals surface area contributed by atoms with Gasteiger partial charge in [0.1, 0.15) is 11.8 Å². The monoisotopic (exact) mass is 345 g/mol. The maximum atomic E-state index is 11.6. The number of carbonyl (C=O) groups is 1. The number of alkyl carbamates (subject to hydrolysis) is 1. The molecule has 1 heterocycles. The van der Waals surface area contributed by atoms with E-state index in [4.69, 9.17) is 16.3 Å². The lowest BCUT2D eigenvalue weighted by atomic mass is 10.2. The zero-order valence-electron chi connectivity index (χ0n) is 13.4. The van der Waals surface area contributed by atoms with Gasteiger partial charge in [0.25, 0.3) is 0 Å². The quantitative estimate of drug-likeness (QED) is 0.462. The van der Waals surface area contributed by atoms with E-state index in [1.165, 1.54) is 0 Å². The zero-order valence-corrected chi connectivity index (χ0v) is 14.2. The highest BCUT2D eigenvalue weighted by molar-refractivity contribution is 6.28. The average Bonchev–Trinajstić information content (AvgIpc) is 2.35. The summed E-state index contributed by atoms with van der Waals surface area (Å²) in [5.74, 6) is 0.0412. The van der Waals surface area contributed by atoms with Gasteiger partial charge in [0, 0.05) is 12.6 Å². The Balaban J connectivity index is 2.49. The van der Waals surface area contributed by atoms with Crippen molar-refractivity contribution in [1.82, 2.24) is 15.3 Å². The Labute approximate surface area is 138 Å². The number of hydrogen-bond donors (Lipinski definition) is 2. The number of nitrogens with zero attached hydrogens (tertiary/aromatic N) is 3. The van der Waals surface area contributed by atoms with Crippen LogP contribution in [0.1, 0.15) is 34.1 Å². The highest BCUT2D eigenvalue weighted by atomic mass is 35.5. The van der Waals surface area contributed by atoms with Gasteiger partial charge in [0.05, 0.1) is 4.92 Å². The number of aromatic nitrogens is 2. The van der Waals surface area contributed by atoms with Crippen LogP contribution >= 0.6 is 11.6 Å². The number of halogens is 1. The summed E-state index contributed by atoms with van der Waals surface area (Å²) in [5.41, 5.74) is -0.831. The fourth-order valence-electron chi connectivity index (χ4n) is 1.61. The van der Waals surface area contributed by atoms with Gasteiger partial charge < -0.3 is 15.4 Å². The molecule has 0 aliphatic carbocycles. The number of hydrogen-bond acceptors (Lipinski definition) is 7. The highest BCUT2D eigenvalue weighted by Crippen LogP contribution is 2.21. The van der Waals surface area contributed by atoms with Crippen LogP contribution in [0.3, 0.4) is 0 Å². The van der Waals surface area contributed by atoms with E-state index >= 15 is 0 Å². The summed E-state index contributed by atoms with van der Waals surface area (Å²) in [6.45, 7) is 7.47. The van der Waals surface area contributed by atoms with Crippen molar-refractivity contribution in [2.24, 2.45) is 0 Å². The van der Waals surface area contributed by atoms with Crippen molar-refractivity contribution in [2.45, 2.75) is 45.8 Å². The van der Waals surface area contributed by atoms with Gasteiger partial charge >= 0.3 is 11.8 Å². The summed E-state index contributed by atoms with van der Waals surface area (Å²) in [5, 5.41) is 16.3. The third kappa shape index (κ3) is 7.09. The molecule has 0 spiro atoms. The Kier molecular flexibility index (Phi) is 6.49. The third-order valence-corrected chi connectivity index (χ3v) is 2.75. The molecule has 0 bridgehead atoms. The van der Waals surface area contributed by atoms with Gasteiger partial charge in [-0.2, -0.15) is 4.98 Å². The fourth-order valence-corrected chi connectivity index (χ4v) is 1.74. The van der Waals surface area contributed by atoms with Gasteiger partial charge in [-0.15, -0.1) is 0 Å². The van der Waals surface area contributed by atoms with E-state index in [-0.39, 0.29) is 22.8 Å². The molecule has 0 saturated carbocycles. The van der Waals surface area contributed by atoms with Gasteiger partial charge in [-0.1, -0.05) is 0 Å². The SMILES string of the molecule is CC(CCNc1nc(Cl)ncc1[N+](=O)[O-])NC(=O)OC(C)(C)C. The van der Waals surface area contributed by atoms with Crippen LogP contribution in [0, 0.1) is 10.1 Å². The molecule has 23 heavy (non-hydrogen) atoms. The van der Waals surface area contributed by atoms with E-state index in [0.717, 1.165) is 6.20 Å². The van der Waals surface area contributed by atoms with Crippen LogP contribution in [-0.2, 0) is 4.74 Å². The number of nitro groups is 1. The van der Waals surface area contributed by atoms with Gasteiger partial charge in [0.15, 0.2) is 0 Å². The molecule has 1 unspecified atom stereocenters. The van der Waals surface area contributed by atoms with Gasteiger partial charge in [-0.25, -0.2) is 9.78 Å². The first kappa shape index (κ1) is 18.9. The molecule has 0 saturated heterocycles. The summed E-state index contributed by atoms with van der Waals surface area (Å²) in [6.07, 6.45) is 1.04. The van der Waals surface area contributed by atoms with Crippen molar-refractivity contribution in [3.8, 4) is 0 Å². The van der Waals surface area contributed by atoms with Crippen molar-refractivity contribution in [1.29, 1.82) is 0 Å². The third-order valence-electron chi connectivity index (χ3n) is 2.57. The Morgan fingerprint density at radius 1 is 1.52 bits per heavy atom. The second kappa shape index (κ2) is 7.91. The predicted octanol–water partition coefficient (Wildman–Crippen LogP) is 2.75. The Morgan fingerprint density at radius 3 is 2.74 bits per heavy atom. The fraction of sp³-hybridized carbons (Fsp3) is 0.615. The van der Waals surface area contributed by atoms with Crippen LogP contribution in [0.25, 0.3) is 0 Å². The number of anilines is 1. The standard InChI is InChI=1S/C13H20ClN5O4/c1-8(17-12(20)23-13(2,3)4)5-6-15-10-9(19(21)22)7-16-11(14)18-10/h7-8H,5-6H2,1-4H3,(H,17,20)(H,15,16,18). The maximum absolute atomic E-state index is 11.6. The molecule has 128 valence electrons. The van der Waals surface area contributed by atoms with Crippen molar-refractivity contribution in [3.63, 3.8) is 0 Å². The van der Waals surface area contributed by atoms with Gasteiger partial charge in [-0.05, 0) is 45.7 Å². The highest BCUT2D eigenvalue weighted by Gasteiger charge is 2.19. The van der Waals surface area contributed by atoms with Crippen molar-refractivity contribution < 1.29 is 14.5 Å². The van der Waals surface area contributed by atoms with E-state index in [9.17, 15) is 14.9 Å². The largest absolute Gasteiger partial charge is 0.444 e. The number of ether oxygens (including phenoxy) is 1. The molecule has 0 aromatic carbocycles. The first-order chi connectivity index (χ1) is 10.6. The molecule has 1 atom stereocenters. The van der Waals surface area contributed by atoms with E-state index in [1.807, 2.05) is 0 Å². The van der Waals surface area contributed by atoms with E-state index in [2.05, 4.69) is 20.6 Å². The molecular weight excluding hydrogens is 326 g/mol. The summed E-state index contributed by atoms with van der Waals surface area (Å²) in [7, 11) is 0. The minimum absolute atomic E-state index is 0.0412. The van der Waals surface area contributed by atoms with E-state index < -0.39 is 16.6 Å². The summed E-state index contributed by atoms with van der Waals surface area (Å²) < 4.78 is 5.14. The molecule has 0 aliphatic rings. The molecule has 9 nitrogen and oxygen atoms in total. The average molecular weight is 346 g/mol. The summed E-state index contributed by atoms with van der Waals surface area (Å²) in [4.78, 5) is 29.3. The van der Waals surface area contributed by atoms with Crippen LogP contribution in [0.15, 0.2) is 6.20 Å². The molecular formula is C13H20ClN5O4. The Bertz CT molecular complexity index is 576. The molecule has 1 aromatic heterocycles. The van der Waals surface area contributed by atoms with E-state index in [0.29, 0.717) is 13.0 Å². The molecule has 1 aromatic rings. The smallest absolute Gasteiger partial charge is 0.407 e. The summed E-state index contributed by atoms with van der Waals surface area (Å²) >= 11 is 5.63. The first-order valence-electron chi connectivity index (χ1n) is 6.99. The van der Waals surface area contributed by atoms with Crippen molar-refractivity contribution >= 4 is 29.2 Å². The minimum atomic E-state index is -0.596. The number of amides is 1. The van der Waals surface area contributed by atoms with Crippen molar-refractivity contribution in [2.75, 3.05) is 11.9 Å². The zero-order chi connectivity index (χ0) is 17.6. The second-order valence-electron chi connectivity index (χ2n) is 5.89. The second-order valence-corrected chi connectivity index (χ2v) is 6.23. The lowest BCUT2D eigenvalue weighted by Crippen LogP contribution is -2.38. The minimum Gasteiger partial charge on any atom is -0.444 e. The predicted molar refractivity (Wildman–Crippen MR) is 85.6 cm³/mol. The molecule has 1 amide bonds. The first-order valence-corrected chi connectivity index (χ1v) is 7.36. The van der Waals surface area contributed by atoms with E-state index in [1.54, 1.807) is 27.7 Å². The molecule has 0 radical (unpaired) electrons. The van der Waals surface area contributed by atoms with Crippen LogP contribution in [0.4, 0.5) is 16.3 Å². The molecule has 0 aliphatic heterocycles. The lowest BCUT2D eigenvalue weighted by molar-refractivity contribution is -0.384. The number of rotatable bonds is 6. The molecule has 0 fully saturated rings. The van der Waals surface area contributed by atoms with Crippen molar-refractivity contribution in [3.05, 3.63) is 21.6 Å². The number of carbonyl (C=O) groups excluding carboxylic acids is 1. The van der Waals surface area contributed by atoms with Crippen LogP contribution < -0.4 is 10.6 Å².